The number of carbonyl (C=O) groups excluding carboxylic acids is 1. The van der Waals surface area contributed by atoms with Gasteiger partial charge in [0, 0.05) is 4.88 Å². The van der Waals surface area contributed by atoms with E-state index in [-0.39, 0.29) is 5.91 Å². The average molecular weight is 238 g/mol. The van der Waals surface area contributed by atoms with Crippen LogP contribution in [0.5, 0.6) is 0 Å². The van der Waals surface area contributed by atoms with E-state index in [1.165, 1.54) is 10.4 Å². The highest BCUT2D eigenvalue weighted by Crippen LogP contribution is 2.38. The Morgan fingerprint density at radius 2 is 2.38 bits per heavy atom. The second kappa shape index (κ2) is 4.18. The second-order valence-corrected chi connectivity index (χ2v) is 5.77. The maximum Gasteiger partial charge on any atom is 0.240 e. The molecule has 1 saturated carbocycles. The number of thiophene rings is 1. The summed E-state index contributed by atoms with van der Waals surface area (Å²) in [6.45, 7) is 4.49. The van der Waals surface area contributed by atoms with Crippen molar-refractivity contribution in [1.82, 2.24) is 5.32 Å². The fourth-order valence-corrected chi connectivity index (χ4v) is 2.65. The molecule has 1 aliphatic rings. The lowest BCUT2D eigenvalue weighted by Gasteiger charge is -2.23. The summed E-state index contributed by atoms with van der Waals surface area (Å²) in [5.74, 6) is 0.347. The molecule has 16 heavy (non-hydrogen) atoms. The molecule has 1 atom stereocenters. The van der Waals surface area contributed by atoms with E-state index in [4.69, 9.17) is 5.73 Å². The second-order valence-electron chi connectivity index (χ2n) is 4.77. The molecule has 1 fully saturated rings. The molecule has 1 heterocycles. The van der Waals surface area contributed by atoms with Crippen molar-refractivity contribution in [3.8, 4) is 0 Å². The Morgan fingerprint density at radius 3 is 2.88 bits per heavy atom. The van der Waals surface area contributed by atoms with E-state index < -0.39 is 5.54 Å². The Bertz CT molecular complexity index is 393. The summed E-state index contributed by atoms with van der Waals surface area (Å²) in [7, 11) is 0. The molecule has 0 saturated heterocycles. The molecule has 4 heteroatoms. The minimum atomic E-state index is -0.689. The quantitative estimate of drug-likeness (QED) is 0.840. The maximum atomic E-state index is 11.9. The lowest BCUT2D eigenvalue weighted by Crippen LogP contribution is -2.53. The molecule has 1 aromatic rings. The highest BCUT2D eigenvalue weighted by molar-refractivity contribution is 7.10. The predicted molar refractivity (Wildman–Crippen MR) is 66.2 cm³/mol. The Labute approximate surface area is 100 Å². The van der Waals surface area contributed by atoms with Gasteiger partial charge in [0.2, 0.25) is 5.91 Å². The van der Waals surface area contributed by atoms with Gasteiger partial charge in [-0.1, -0.05) is 0 Å². The Kier molecular flexibility index (Phi) is 3.04. The predicted octanol–water partition coefficient (Wildman–Crippen LogP) is 1.80. The highest BCUT2D eigenvalue weighted by Gasteiger charge is 2.43. The number of rotatable bonds is 4. The van der Waals surface area contributed by atoms with E-state index in [1.807, 2.05) is 12.3 Å². The van der Waals surface area contributed by atoms with Crippen molar-refractivity contribution >= 4 is 17.2 Å². The SMILES string of the molecule is Cc1ccsc1CNC(=O)C(C)(N)C1CC1. The van der Waals surface area contributed by atoms with Crippen LogP contribution < -0.4 is 11.1 Å². The first-order chi connectivity index (χ1) is 7.51. The number of nitrogens with two attached hydrogens (primary N) is 1. The van der Waals surface area contributed by atoms with Gasteiger partial charge in [-0.25, -0.2) is 0 Å². The fraction of sp³-hybridized carbons (Fsp3) is 0.583. The van der Waals surface area contributed by atoms with Gasteiger partial charge in [-0.2, -0.15) is 0 Å². The molecule has 0 radical (unpaired) electrons. The van der Waals surface area contributed by atoms with Gasteiger partial charge in [0.1, 0.15) is 0 Å². The first-order valence-electron chi connectivity index (χ1n) is 5.62. The van der Waals surface area contributed by atoms with Crippen LogP contribution in [-0.4, -0.2) is 11.4 Å². The van der Waals surface area contributed by atoms with Gasteiger partial charge in [0.25, 0.3) is 0 Å². The fourth-order valence-electron chi connectivity index (χ4n) is 1.80. The molecule has 1 unspecified atom stereocenters. The summed E-state index contributed by atoms with van der Waals surface area (Å²) >= 11 is 1.67. The third-order valence-electron chi connectivity index (χ3n) is 3.29. The molecular formula is C12H18N2OS. The van der Waals surface area contributed by atoms with Crippen LogP contribution in [0.4, 0.5) is 0 Å². The summed E-state index contributed by atoms with van der Waals surface area (Å²) in [6, 6.07) is 2.06. The van der Waals surface area contributed by atoms with Crippen molar-refractivity contribution < 1.29 is 4.79 Å². The summed E-state index contributed by atoms with van der Waals surface area (Å²) in [6.07, 6.45) is 2.16. The van der Waals surface area contributed by atoms with Gasteiger partial charge in [-0.05, 0) is 49.6 Å². The Morgan fingerprint density at radius 1 is 1.69 bits per heavy atom. The van der Waals surface area contributed by atoms with E-state index in [9.17, 15) is 4.79 Å². The third kappa shape index (κ3) is 2.28. The zero-order valence-electron chi connectivity index (χ0n) is 9.75. The lowest BCUT2D eigenvalue weighted by atomic mass is 9.96. The van der Waals surface area contributed by atoms with E-state index in [1.54, 1.807) is 11.3 Å². The van der Waals surface area contributed by atoms with Crippen LogP contribution in [0.1, 0.15) is 30.2 Å². The largest absolute Gasteiger partial charge is 0.350 e. The van der Waals surface area contributed by atoms with Crippen LogP contribution >= 0.6 is 11.3 Å². The standard InChI is InChI=1S/C12H18N2OS/c1-8-5-6-16-10(8)7-14-11(15)12(2,13)9-3-4-9/h5-6,9H,3-4,7,13H2,1-2H3,(H,14,15). The molecule has 1 aromatic heterocycles. The van der Waals surface area contributed by atoms with Gasteiger partial charge in [0.05, 0.1) is 12.1 Å². The lowest BCUT2D eigenvalue weighted by molar-refractivity contribution is -0.126. The molecule has 1 aliphatic carbocycles. The van der Waals surface area contributed by atoms with Crippen LogP contribution in [-0.2, 0) is 11.3 Å². The van der Waals surface area contributed by atoms with Crippen molar-refractivity contribution in [2.75, 3.05) is 0 Å². The number of hydrogen-bond donors (Lipinski definition) is 2. The molecule has 0 aliphatic heterocycles. The van der Waals surface area contributed by atoms with Gasteiger partial charge < -0.3 is 11.1 Å². The number of nitrogens with one attached hydrogen (secondary N) is 1. The van der Waals surface area contributed by atoms with Crippen LogP contribution in [0, 0.1) is 12.8 Å². The average Bonchev–Trinajstić information content (AvgIpc) is 3.01. The van der Waals surface area contributed by atoms with Crippen LogP contribution in [0.3, 0.4) is 0 Å². The van der Waals surface area contributed by atoms with Crippen LogP contribution in [0.25, 0.3) is 0 Å². The molecule has 3 N–H and O–H groups in total. The van der Waals surface area contributed by atoms with E-state index in [0.29, 0.717) is 12.5 Å². The normalized spacial score (nSPS) is 19.2. The van der Waals surface area contributed by atoms with Crippen molar-refractivity contribution in [3.63, 3.8) is 0 Å². The summed E-state index contributed by atoms with van der Waals surface area (Å²) < 4.78 is 0. The molecule has 2 rings (SSSR count). The number of amides is 1. The molecule has 1 amide bonds. The summed E-state index contributed by atoms with van der Waals surface area (Å²) in [4.78, 5) is 13.1. The van der Waals surface area contributed by atoms with Crippen molar-refractivity contribution in [1.29, 1.82) is 0 Å². The number of aryl methyl sites for hydroxylation is 1. The Hall–Kier alpha value is -0.870. The monoisotopic (exact) mass is 238 g/mol. The van der Waals surface area contributed by atoms with Gasteiger partial charge in [-0.15, -0.1) is 11.3 Å². The van der Waals surface area contributed by atoms with E-state index in [0.717, 1.165) is 12.8 Å². The van der Waals surface area contributed by atoms with E-state index in [2.05, 4.69) is 18.3 Å². The highest BCUT2D eigenvalue weighted by atomic mass is 32.1. The zero-order chi connectivity index (χ0) is 11.8. The first kappa shape index (κ1) is 11.6. The number of carbonyl (C=O) groups is 1. The topological polar surface area (TPSA) is 55.1 Å². The summed E-state index contributed by atoms with van der Waals surface area (Å²) in [5, 5.41) is 4.98. The van der Waals surface area contributed by atoms with Crippen molar-refractivity contribution in [2.45, 2.75) is 38.8 Å². The molecule has 3 nitrogen and oxygen atoms in total. The van der Waals surface area contributed by atoms with Gasteiger partial charge in [0.15, 0.2) is 0 Å². The molecule has 0 bridgehead atoms. The summed E-state index contributed by atoms with van der Waals surface area (Å²) in [5.41, 5.74) is 6.58. The van der Waals surface area contributed by atoms with Crippen LogP contribution in [0.15, 0.2) is 11.4 Å². The zero-order valence-corrected chi connectivity index (χ0v) is 10.6. The smallest absolute Gasteiger partial charge is 0.240 e. The van der Waals surface area contributed by atoms with Crippen molar-refractivity contribution in [3.05, 3.63) is 21.9 Å². The molecule has 0 aromatic carbocycles. The van der Waals surface area contributed by atoms with Crippen LogP contribution in [0.2, 0.25) is 0 Å². The maximum absolute atomic E-state index is 11.9. The molecule has 0 spiro atoms. The third-order valence-corrected chi connectivity index (χ3v) is 4.32. The van der Waals surface area contributed by atoms with Crippen molar-refractivity contribution in [2.24, 2.45) is 11.7 Å². The van der Waals surface area contributed by atoms with Gasteiger partial charge >= 0.3 is 0 Å². The van der Waals surface area contributed by atoms with Gasteiger partial charge in [-0.3, -0.25) is 4.79 Å². The minimum absolute atomic E-state index is 0.0252. The minimum Gasteiger partial charge on any atom is -0.350 e. The molecule has 88 valence electrons. The van der Waals surface area contributed by atoms with E-state index >= 15 is 0 Å². The molecular weight excluding hydrogens is 220 g/mol. The first-order valence-corrected chi connectivity index (χ1v) is 6.50. The Balaban J connectivity index is 1.91. The number of hydrogen-bond acceptors (Lipinski definition) is 3.